The fraction of sp³-hybridized carbons (Fsp3) is 0.650. The van der Waals surface area contributed by atoms with Crippen molar-refractivity contribution in [2.75, 3.05) is 46.3 Å². The van der Waals surface area contributed by atoms with Crippen molar-refractivity contribution in [3.05, 3.63) is 35.9 Å². The van der Waals surface area contributed by atoms with Crippen LogP contribution >= 0.6 is 0 Å². The van der Waals surface area contributed by atoms with Gasteiger partial charge in [-0.25, -0.2) is 4.79 Å². The van der Waals surface area contributed by atoms with Gasteiger partial charge in [-0.2, -0.15) is 0 Å². The summed E-state index contributed by atoms with van der Waals surface area (Å²) in [5.41, 5.74) is 1.19. The minimum absolute atomic E-state index is 0.0474. The second-order valence-electron chi connectivity index (χ2n) is 7.55. The zero-order chi connectivity index (χ0) is 17.6. The van der Waals surface area contributed by atoms with Crippen LogP contribution in [0, 0.1) is 0 Å². The molecular weight excluding hydrogens is 312 g/mol. The zero-order valence-corrected chi connectivity index (χ0v) is 15.7. The van der Waals surface area contributed by atoms with Crippen LogP contribution < -0.4 is 5.32 Å². The Morgan fingerprint density at radius 1 is 1.12 bits per heavy atom. The van der Waals surface area contributed by atoms with Crippen LogP contribution in [0.4, 0.5) is 4.79 Å². The summed E-state index contributed by atoms with van der Waals surface area (Å²) in [5, 5.41) is 3.32. The molecule has 3 rings (SSSR count). The predicted octanol–water partition coefficient (Wildman–Crippen LogP) is 2.56. The van der Waals surface area contributed by atoms with Crippen molar-refractivity contribution >= 4 is 6.03 Å². The SMILES string of the molecule is CC1CCCCN1C(=O)NC(CN1CCN(C)CC1)c1ccccc1. The summed E-state index contributed by atoms with van der Waals surface area (Å²) in [6, 6.07) is 10.9. The lowest BCUT2D eigenvalue weighted by Crippen LogP contribution is -2.51. The fourth-order valence-corrected chi connectivity index (χ4v) is 3.84. The van der Waals surface area contributed by atoms with E-state index in [-0.39, 0.29) is 12.1 Å². The molecule has 0 saturated carbocycles. The highest BCUT2D eigenvalue weighted by Crippen LogP contribution is 2.20. The number of nitrogens with zero attached hydrogens (tertiary/aromatic N) is 3. The zero-order valence-electron chi connectivity index (χ0n) is 15.7. The number of likely N-dealkylation sites (N-methyl/N-ethyl adjacent to an activating group) is 1. The molecule has 0 bridgehead atoms. The molecule has 1 aromatic carbocycles. The molecule has 2 fully saturated rings. The van der Waals surface area contributed by atoms with E-state index in [0.29, 0.717) is 6.04 Å². The average molecular weight is 345 g/mol. The molecule has 0 aromatic heterocycles. The lowest BCUT2D eigenvalue weighted by atomic mass is 10.0. The number of carbonyl (C=O) groups is 1. The number of carbonyl (C=O) groups excluding carboxylic acids is 1. The van der Waals surface area contributed by atoms with Gasteiger partial charge >= 0.3 is 6.03 Å². The van der Waals surface area contributed by atoms with Crippen LogP contribution in [-0.4, -0.2) is 73.1 Å². The molecule has 0 aliphatic carbocycles. The number of piperidine rings is 1. The van der Waals surface area contributed by atoms with Crippen molar-refractivity contribution < 1.29 is 4.79 Å². The Kier molecular flexibility index (Phi) is 6.32. The van der Waals surface area contributed by atoms with Crippen LogP contribution in [0.3, 0.4) is 0 Å². The molecule has 2 atom stereocenters. The maximum absolute atomic E-state index is 12.9. The summed E-state index contributed by atoms with van der Waals surface area (Å²) in [7, 11) is 2.17. The minimum atomic E-state index is 0.0474. The summed E-state index contributed by atoms with van der Waals surface area (Å²) >= 11 is 0. The van der Waals surface area contributed by atoms with Crippen molar-refractivity contribution in [2.24, 2.45) is 0 Å². The topological polar surface area (TPSA) is 38.8 Å². The Morgan fingerprint density at radius 3 is 2.52 bits per heavy atom. The minimum Gasteiger partial charge on any atom is -0.330 e. The normalized spacial score (nSPS) is 24.1. The van der Waals surface area contributed by atoms with Crippen LogP contribution in [0.15, 0.2) is 30.3 Å². The monoisotopic (exact) mass is 344 g/mol. The first kappa shape index (κ1) is 18.2. The third kappa shape index (κ3) is 4.95. The van der Waals surface area contributed by atoms with Crippen LogP contribution in [-0.2, 0) is 0 Å². The Balaban J connectivity index is 1.67. The van der Waals surface area contributed by atoms with E-state index in [1.807, 2.05) is 11.0 Å². The molecule has 0 spiro atoms. The lowest BCUT2D eigenvalue weighted by Gasteiger charge is -2.37. The van der Waals surface area contributed by atoms with Gasteiger partial charge in [0.2, 0.25) is 0 Å². The standard InChI is InChI=1S/C20H32N4O/c1-17-8-6-7-11-24(17)20(25)21-19(18-9-4-3-5-10-18)16-23-14-12-22(2)13-15-23/h3-5,9-10,17,19H,6-8,11-16H2,1-2H3,(H,21,25). The van der Waals surface area contributed by atoms with Gasteiger partial charge < -0.3 is 15.1 Å². The number of hydrogen-bond donors (Lipinski definition) is 1. The van der Waals surface area contributed by atoms with Crippen molar-refractivity contribution in [1.29, 1.82) is 0 Å². The van der Waals surface area contributed by atoms with Gasteiger partial charge in [0.05, 0.1) is 6.04 Å². The lowest BCUT2D eigenvalue weighted by molar-refractivity contribution is 0.131. The summed E-state index contributed by atoms with van der Waals surface area (Å²) in [4.78, 5) is 19.7. The number of hydrogen-bond acceptors (Lipinski definition) is 3. The summed E-state index contributed by atoms with van der Waals surface area (Å²) in [5.74, 6) is 0. The van der Waals surface area contributed by atoms with Gasteiger partial charge in [-0.15, -0.1) is 0 Å². The number of urea groups is 1. The molecular formula is C20H32N4O. The highest BCUT2D eigenvalue weighted by molar-refractivity contribution is 5.75. The third-order valence-corrected chi connectivity index (χ3v) is 5.60. The Morgan fingerprint density at radius 2 is 1.84 bits per heavy atom. The van der Waals surface area contributed by atoms with E-state index in [1.165, 1.54) is 12.0 Å². The Bertz CT molecular complexity index is 542. The van der Waals surface area contributed by atoms with Crippen LogP contribution in [0.1, 0.15) is 37.8 Å². The van der Waals surface area contributed by atoms with Crippen LogP contribution in [0.25, 0.3) is 0 Å². The van der Waals surface area contributed by atoms with Gasteiger partial charge in [-0.3, -0.25) is 4.90 Å². The summed E-state index contributed by atoms with van der Waals surface area (Å²) in [6.45, 7) is 8.24. The second kappa shape index (κ2) is 8.68. The molecule has 2 unspecified atom stereocenters. The Hall–Kier alpha value is -1.59. The van der Waals surface area contributed by atoms with Crippen LogP contribution in [0.2, 0.25) is 0 Å². The number of amides is 2. The molecule has 2 aliphatic rings. The van der Waals surface area contributed by atoms with Crippen LogP contribution in [0.5, 0.6) is 0 Å². The predicted molar refractivity (Wildman–Crippen MR) is 102 cm³/mol. The molecule has 2 aliphatic heterocycles. The molecule has 138 valence electrons. The van der Waals surface area contributed by atoms with E-state index >= 15 is 0 Å². The first-order chi connectivity index (χ1) is 12.1. The van der Waals surface area contributed by atoms with E-state index in [9.17, 15) is 4.79 Å². The first-order valence-corrected chi connectivity index (χ1v) is 9.66. The highest BCUT2D eigenvalue weighted by Gasteiger charge is 2.27. The maximum Gasteiger partial charge on any atom is 0.318 e. The summed E-state index contributed by atoms with van der Waals surface area (Å²) in [6.07, 6.45) is 3.46. The first-order valence-electron chi connectivity index (χ1n) is 9.66. The van der Waals surface area contributed by atoms with Crippen molar-refractivity contribution in [3.8, 4) is 0 Å². The van der Waals surface area contributed by atoms with E-state index in [0.717, 1.165) is 52.1 Å². The number of nitrogens with one attached hydrogen (secondary N) is 1. The molecule has 2 heterocycles. The smallest absolute Gasteiger partial charge is 0.318 e. The second-order valence-corrected chi connectivity index (χ2v) is 7.55. The molecule has 5 heteroatoms. The molecule has 25 heavy (non-hydrogen) atoms. The third-order valence-electron chi connectivity index (χ3n) is 5.60. The highest BCUT2D eigenvalue weighted by atomic mass is 16.2. The molecule has 1 aromatic rings. The van der Waals surface area contributed by atoms with Gasteiger partial charge in [0, 0.05) is 45.3 Å². The van der Waals surface area contributed by atoms with E-state index < -0.39 is 0 Å². The number of piperazine rings is 1. The number of likely N-dealkylation sites (tertiary alicyclic amines) is 1. The van der Waals surface area contributed by atoms with E-state index in [4.69, 9.17) is 0 Å². The van der Waals surface area contributed by atoms with Gasteiger partial charge in [-0.1, -0.05) is 30.3 Å². The maximum atomic E-state index is 12.9. The number of benzene rings is 1. The van der Waals surface area contributed by atoms with Crippen molar-refractivity contribution in [1.82, 2.24) is 20.0 Å². The van der Waals surface area contributed by atoms with Gasteiger partial charge in [0.1, 0.15) is 0 Å². The summed E-state index contributed by atoms with van der Waals surface area (Å²) < 4.78 is 0. The largest absolute Gasteiger partial charge is 0.330 e. The van der Waals surface area contributed by atoms with E-state index in [1.54, 1.807) is 0 Å². The van der Waals surface area contributed by atoms with Gasteiger partial charge in [-0.05, 0) is 38.8 Å². The number of rotatable bonds is 4. The van der Waals surface area contributed by atoms with Gasteiger partial charge in [0.25, 0.3) is 0 Å². The van der Waals surface area contributed by atoms with Crippen molar-refractivity contribution in [3.63, 3.8) is 0 Å². The van der Waals surface area contributed by atoms with E-state index in [2.05, 4.69) is 53.4 Å². The molecule has 2 saturated heterocycles. The molecule has 1 N–H and O–H groups in total. The fourth-order valence-electron chi connectivity index (χ4n) is 3.84. The molecule has 0 radical (unpaired) electrons. The Labute approximate surface area is 152 Å². The van der Waals surface area contributed by atoms with Crippen molar-refractivity contribution in [2.45, 2.75) is 38.3 Å². The molecule has 5 nitrogen and oxygen atoms in total. The quantitative estimate of drug-likeness (QED) is 0.912. The van der Waals surface area contributed by atoms with Gasteiger partial charge in [0.15, 0.2) is 0 Å². The molecule has 2 amide bonds. The average Bonchev–Trinajstić information content (AvgIpc) is 2.64.